The van der Waals surface area contributed by atoms with Crippen molar-refractivity contribution in [1.82, 2.24) is 0 Å². The standard InChI is InChI=1S/C14H19ClS/c1-13(14-7-3-2-4-8-14)9-12-16(15)10-5-6-11-16/h2-4,7-9H,5-6,10-12H2,1H3/b13-9-. The van der Waals surface area contributed by atoms with Gasteiger partial charge in [-0.3, -0.25) is 0 Å². The highest BCUT2D eigenvalue weighted by molar-refractivity contribution is 8.51. The second-order valence-electron chi connectivity index (χ2n) is 4.47. The van der Waals surface area contributed by atoms with Crippen molar-refractivity contribution in [2.75, 3.05) is 17.3 Å². The first kappa shape index (κ1) is 12.1. The Morgan fingerprint density at radius 3 is 2.50 bits per heavy atom. The largest absolute Gasteiger partial charge is 0.159 e. The zero-order valence-corrected chi connectivity index (χ0v) is 11.4. The number of hydrogen-bond donors (Lipinski definition) is 0. The smallest absolute Gasteiger partial charge is 0.00856 e. The van der Waals surface area contributed by atoms with Crippen LogP contribution in [-0.2, 0) is 0 Å². The lowest BCUT2D eigenvalue weighted by molar-refractivity contribution is 0.949. The molecule has 0 saturated carbocycles. The second kappa shape index (κ2) is 5.29. The van der Waals surface area contributed by atoms with Gasteiger partial charge in [-0.1, -0.05) is 47.1 Å². The van der Waals surface area contributed by atoms with Crippen LogP contribution in [0.3, 0.4) is 0 Å². The Hall–Kier alpha value is -0.400. The van der Waals surface area contributed by atoms with E-state index in [-0.39, 0.29) is 0 Å². The van der Waals surface area contributed by atoms with Crippen LogP contribution < -0.4 is 0 Å². The third kappa shape index (κ3) is 3.05. The topological polar surface area (TPSA) is 0 Å². The Labute approximate surface area is 105 Å². The first-order chi connectivity index (χ1) is 7.70. The van der Waals surface area contributed by atoms with Crippen molar-refractivity contribution < 1.29 is 0 Å². The predicted octanol–water partition coefficient (Wildman–Crippen LogP) is 4.84. The summed E-state index contributed by atoms with van der Waals surface area (Å²) < 4.78 is 0. The first-order valence-electron chi connectivity index (χ1n) is 5.88. The summed E-state index contributed by atoms with van der Waals surface area (Å²) in [7, 11) is 5.83. The second-order valence-corrected chi connectivity index (χ2v) is 9.47. The molecule has 0 bridgehead atoms. The lowest BCUT2D eigenvalue weighted by Gasteiger charge is -2.25. The van der Waals surface area contributed by atoms with Crippen LogP contribution in [0.15, 0.2) is 36.4 Å². The Morgan fingerprint density at radius 2 is 1.88 bits per heavy atom. The zero-order valence-electron chi connectivity index (χ0n) is 9.79. The third-order valence-corrected chi connectivity index (χ3v) is 7.30. The van der Waals surface area contributed by atoms with Crippen molar-refractivity contribution in [3.8, 4) is 0 Å². The van der Waals surface area contributed by atoms with Gasteiger partial charge in [0.2, 0.25) is 0 Å². The minimum atomic E-state index is -0.811. The molecule has 0 aliphatic carbocycles. The van der Waals surface area contributed by atoms with E-state index in [1.165, 1.54) is 35.5 Å². The van der Waals surface area contributed by atoms with Gasteiger partial charge in [0.1, 0.15) is 0 Å². The molecule has 1 heterocycles. The molecule has 0 nitrogen and oxygen atoms in total. The van der Waals surface area contributed by atoms with Crippen LogP contribution in [0.25, 0.3) is 5.57 Å². The molecule has 0 atom stereocenters. The quantitative estimate of drug-likeness (QED) is 0.724. The summed E-state index contributed by atoms with van der Waals surface area (Å²) >= 11 is 0. The maximum atomic E-state index is 6.64. The minimum Gasteiger partial charge on any atom is -0.159 e. The van der Waals surface area contributed by atoms with Gasteiger partial charge in [-0.25, -0.2) is 0 Å². The average molecular weight is 255 g/mol. The highest BCUT2D eigenvalue weighted by Gasteiger charge is 2.24. The molecule has 0 radical (unpaired) electrons. The molecule has 1 aliphatic rings. The van der Waals surface area contributed by atoms with Gasteiger partial charge in [0, 0.05) is 5.75 Å². The van der Waals surface area contributed by atoms with Crippen LogP contribution in [0, 0.1) is 0 Å². The van der Waals surface area contributed by atoms with Gasteiger partial charge in [-0.15, -0.1) is 0 Å². The SMILES string of the molecule is C/C(=C/CS1(Cl)CCCC1)c1ccccc1. The molecule has 0 spiro atoms. The first-order valence-corrected chi connectivity index (χ1v) is 8.84. The summed E-state index contributed by atoms with van der Waals surface area (Å²) in [5.74, 6) is 3.61. The lowest BCUT2D eigenvalue weighted by Crippen LogP contribution is -1.97. The molecule has 0 unspecified atom stereocenters. The van der Waals surface area contributed by atoms with E-state index in [9.17, 15) is 0 Å². The van der Waals surface area contributed by atoms with Gasteiger partial charge in [0.25, 0.3) is 0 Å². The molecule has 2 rings (SSSR count). The summed E-state index contributed by atoms with van der Waals surface area (Å²) in [6.45, 7) is 2.18. The van der Waals surface area contributed by atoms with Gasteiger partial charge in [-0.05, 0) is 42.4 Å². The van der Waals surface area contributed by atoms with E-state index < -0.39 is 9.24 Å². The average Bonchev–Trinajstić information content (AvgIpc) is 2.75. The molecule has 1 aliphatic heterocycles. The summed E-state index contributed by atoms with van der Waals surface area (Å²) in [6.07, 6.45) is 5.00. The van der Waals surface area contributed by atoms with Crippen molar-refractivity contribution in [2.45, 2.75) is 19.8 Å². The van der Waals surface area contributed by atoms with Crippen LogP contribution in [0.5, 0.6) is 0 Å². The van der Waals surface area contributed by atoms with Crippen LogP contribution in [0.2, 0.25) is 0 Å². The van der Waals surface area contributed by atoms with Crippen molar-refractivity contribution in [2.24, 2.45) is 0 Å². The van der Waals surface area contributed by atoms with Crippen LogP contribution in [0.1, 0.15) is 25.3 Å². The third-order valence-electron chi connectivity index (χ3n) is 3.19. The minimum absolute atomic E-state index is 0.811. The molecule has 0 aromatic heterocycles. The van der Waals surface area contributed by atoms with Crippen LogP contribution >= 0.6 is 19.9 Å². The summed E-state index contributed by atoms with van der Waals surface area (Å²) in [4.78, 5) is 0. The fourth-order valence-corrected chi connectivity index (χ4v) is 5.46. The molecular weight excluding hydrogens is 236 g/mol. The Balaban J connectivity index is 2.02. The van der Waals surface area contributed by atoms with Crippen molar-refractivity contribution in [1.29, 1.82) is 0 Å². The molecule has 2 heteroatoms. The zero-order chi connectivity index (χ0) is 11.4. The molecule has 1 fully saturated rings. The van der Waals surface area contributed by atoms with Gasteiger partial charge in [0.05, 0.1) is 0 Å². The van der Waals surface area contributed by atoms with Crippen molar-refractivity contribution in [3.05, 3.63) is 42.0 Å². The van der Waals surface area contributed by atoms with E-state index >= 15 is 0 Å². The Kier molecular flexibility index (Phi) is 3.99. The highest BCUT2D eigenvalue weighted by Crippen LogP contribution is 2.58. The maximum absolute atomic E-state index is 6.64. The monoisotopic (exact) mass is 254 g/mol. The number of benzene rings is 1. The van der Waals surface area contributed by atoms with Crippen LogP contribution in [-0.4, -0.2) is 17.3 Å². The fourth-order valence-electron chi connectivity index (χ4n) is 2.08. The molecule has 0 amide bonds. The Bertz CT molecular complexity index is 364. The number of allylic oxidation sites excluding steroid dienone is 1. The van der Waals surface area contributed by atoms with E-state index in [4.69, 9.17) is 10.7 Å². The predicted molar refractivity (Wildman–Crippen MR) is 77.4 cm³/mol. The normalized spacial score (nSPS) is 22.0. The summed E-state index contributed by atoms with van der Waals surface area (Å²) in [5.41, 5.74) is 2.68. The van der Waals surface area contributed by atoms with Gasteiger partial charge >= 0.3 is 0 Å². The lowest BCUT2D eigenvalue weighted by atomic mass is 10.1. The molecule has 1 saturated heterocycles. The summed E-state index contributed by atoms with van der Waals surface area (Å²) in [6, 6.07) is 10.6. The molecular formula is C14H19ClS. The molecule has 1 aromatic rings. The highest BCUT2D eigenvalue weighted by atomic mass is 35.7. The van der Waals surface area contributed by atoms with E-state index in [2.05, 4.69) is 43.3 Å². The van der Waals surface area contributed by atoms with E-state index in [1.807, 2.05) is 0 Å². The molecule has 88 valence electrons. The van der Waals surface area contributed by atoms with Gasteiger partial charge in [0.15, 0.2) is 0 Å². The molecule has 16 heavy (non-hydrogen) atoms. The maximum Gasteiger partial charge on any atom is 0.00856 e. The van der Waals surface area contributed by atoms with E-state index in [0.717, 1.165) is 5.75 Å². The number of hydrogen-bond acceptors (Lipinski definition) is 0. The van der Waals surface area contributed by atoms with Gasteiger partial charge in [-0.2, -0.15) is 9.24 Å². The van der Waals surface area contributed by atoms with Gasteiger partial charge < -0.3 is 0 Å². The van der Waals surface area contributed by atoms with Crippen LogP contribution in [0.4, 0.5) is 0 Å². The van der Waals surface area contributed by atoms with Crippen molar-refractivity contribution in [3.63, 3.8) is 0 Å². The fraction of sp³-hybridized carbons (Fsp3) is 0.429. The van der Waals surface area contributed by atoms with Crippen molar-refractivity contribution >= 4 is 25.5 Å². The molecule has 0 N–H and O–H groups in total. The van der Waals surface area contributed by atoms with E-state index in [1.54, 1.807) is 0 Å². The Morgan fingerprint density at radius 1 is 1.25 bits per heavy atom. The molecule has 1 aromatic carbocycles. The summed E-state index contributed by atoms with van der Waals surface area (Å²) in [5, 5.41) is 0. The number of rotatable bonds is 3. The van der Waals surface area contributed by atoms with E-state index in [0.29, 0.717) is 0 Å². The number of halogens is 1.